The molecule has 6 nitrogen and oxygen atoms in total. The monoisotopic (exact) mass is 472 g/mol. The van der Waals surface area contributed by atoms with Gasteiger partial charge in [-0.25, -0.2) is 10.6 Å². The number of rotatable bonds is 4. The lowest BCUT2D eigenvalue weighted by Gasteiger charge is -2.49. The molecule has 2 aliphatic carbocycles. The van der Waals surface area contributed by atoms with Gasteiger partial charge in [-0.1, -0.05) is 29.3 Å². The maximum absolute atomic E-state index is 12.4. The number of anilines is 1. The Balaban J connectivity index is 1.45. The number of nitrogens with two attached hydrogens (primary N) is 2. The largest absolute Gasteiger partial charge is 0.444 e. The van der Waals surface area contributed by atoms with E-state index in [0.29, 0.717) is 10.9 Å². The van der Waals surface area contributed by atoms with Crippen molar-refractivity contribution < 1.29 is 9.53 Å². The van der Waals surface area contributed by atoms with Gasteiger partial charge in [0.2, 0.25) is 0 Å². The van der Waals surface area contributed by atoms with Crippen molar-refractivity contribution in [2.45, 2.75) is 71.8 Å². The molecule has 1 aromatic carbocycles. The zero-order valence-corrected chi connectivity index (χ0v) is 21.0. The third-order valence-electron chi connectivity index (χ3n) is 7.02. The van der Waals surface area contributed by atoms with Crippen LogP contribution in [0.4, 0.5) is 10.5 Å². The van der Waals surface area contributed by atoms with E-state index in [1.54, 1.807) is 5.01 Å². The molecule has 1 aliphatic heterocycles. The van der Waals surface area contributed by atoms with Crippen LogP contribution in [0.2, 0.25) is 5.02 Å². The molecule has 180 valence electrons. The second-order valence-electron chi connectivity index (χ2n) is 11.0. The number of nitrogens with zero attached hydrogens (tertiary/aromatic N) is 2. The number of likely N-dealkylation sites (tertiary alicyclic amines) is 1. The summed E-state index contributed by atoms with van der Waals surface area (Å²) in [5.74, 6) is 7.01. The summed E-state index contributed by atoms with van der Waals surface area (Å²) in [6.07, 6.45) is 8.23. The molecule has 1 spiro atoms. The standard InChI is InChI=1S/C26H37ClN4O2/c1-17-6-5-7-20(27)23(17)31(29)21(22(28)19-8-9-19)14-18-15-26(16-18)10-12-30(13-11-26)24(32)33-25(2,3)4/h5-7,14,19H,8-13,15-16,28-29H2,1-4H3/b22-21-. The maximum Gasteiger partial charge on any atom is 0.410 e. The van der Waals surface area contributed by atoms with Crippen molar-refractivity contribution >= 4 is 23.4 Å². The van der Waals surface area contributed by atoms with Gasteiger partial charge in [0.15, 0.2) is 0 Å². The molecule has 1 saturated heterocycles. The van der Waals surface area contributed by atoms with Crippen molar-refractivity contribution in [2.75, 3.05) is 18.1 Å². The first-order chi connectivity index (χ1) is 15.5. The fraction of sp³-hybridized carbons (Fsp3) is 0.577. The van der Waals surface area contributed by atoms with E-state index in [1.807, 2.05) is 50.8 Å². The number of allylic oxidation sites excluding steroid dienone is 3. The van der Waals surface area contributed by atoms with E-state index in [0.717, 1.165) is 74.3 Å². The molecule has 3 aliphatic rings. The molecule has 4 rings (SSSR count). The van der Waals surface area contributed by atoms with Gasteiger partial charge in [0.05, 0.1) is 16.4 Å². The van der Waals surface area contributed by atoms with E-state index in [9.17, 15) is 4.79 Å². The summed E-state index contributed by atoms with van der Waals surface area (Å²) in [4.78, 5) is 14.2. The number of halogens is 1. The molecule has 0 unspecified atom stereocenters. The Labute approximate surface area is 202 Å². The Morgan fingerprint density at radius 3 is 2.42 bits per heavy atom. The number of carbonyl (C=O) groups excluding carboxylic acids is 1. The zero-order chi connectivity index (χ0) is 24.0. The lowest BCUT2D eigenvalue weighted by Crippen LogP contribution is -2.48. The van der Waals surface area contributed by atoms with Crippen LogP contribution in [-0.2, 0) is 4.74 Å². The van der Waals surface area contributed by atoms with Crippen LogP contribution < -0.4 is 16.6 Å². The minimum atomic E-state index is -0.461. The summed E-state index contributed by atoms with van der Waals surface area (Å²) >= 11 is 6.50. The number of aryl methyl sites for hydroxylation is 1. The topological polar surface area (TPSA) is 84.8 Å². The number of hydrogen-bond acceptors (Lipinski definition) is 5. The van der Waals surface area contributed by atoms with Crippen molar-refractivity contribution in [3.8, 4) is 0 Å². The van der Waals surface area contributed by atoms with Crippen LogP contribution in [0.3, 0.4) is 0 Å². The van der Waals surface area contributed by atoms with E-state index < -0.39 is 5.60 Å². The molecule has 3 fully saturated rings. The Kier molecular flexibility index (Phi) is 6.45. The maximum atomic E-state index is 12.4. The molecule has 7 heteroatoms. The van der Waals surface area contributed by atoms with Crippen molar-refractivity contribution in [3.05, 3.63) is 51.8 Å². The average Bonchev–Trinajstić information content (AvgIpc) is 3.54. The summed E-state index contributed by atoms with van der Waals surface area (Å²) in [7, 11) is 0. The minimum absolute atomic E-state index is 0.205. The fourth-order valence-electron chi connectivity index (χ4n) is 4.99. The molecule has 0 bridgehead atoms. The van der Waals surface area contributed by atoms with E-state index in [2.05, 4.69) is 6.08 Å². The van der Waals surface area contributed by atoms with Gasteiger partial charge in [0, 0.05) is 24.7 Å². The summed E-state index contributed by atoms with van der Waals surface area (Å²) in [6.45, 7) is 9.22. The average molecular weight is 473 g/mol. The Morgan fingerprint density at radius 2 is 1.88 bits per heavy atom. The van der Waals surface area contributed by atoms with Crippen LogP contribution in [-0.4, -0.2) is 29.7 Å². The van der Waals surface area contributed by atoms with E-state index >= 15 is 0 Å². The van der Waals surface area contributed by atoms with Gasteiger partial charge in [0.1, 0.15) is 5.60 Å². The van der Waals surface area contributed by atoms with Gasteiger partial charge < -0.3 is 15.4 Å². The molecule has 2 saturated carbocycles. The summed E-state index contributed by atoms with van der Waals surface area (Å²) < 4.78 is 5.54. The molecule has 1 amide bonds. The number of para-hydroxylation sites is 1. The lowest BCUT2D eigenvalue weighted by molar-refractivity contribution is 0.00431. The molecule has 33 heavy (non-hydrogen) atoms. The first kappa shape index (κ1) is 24.0. The highest BCUT2D eigenvalue weighted by atomic mass is 35.5. The van der Waals surface area contributed by atoms with Crippen LogP contribution in [0.5, 0.6) is 0 Å². The molecule has 0 aromatic heterocycles. The van der Waals surface area contributed by atoms with Crippen LogP contribution >= 0.6 is 11.6 Å². The number of carbonyl (C=O) groups is 1. The zero-order valence-electron chi connectivity index (χ0n) is 20.3. The fourth-order valence-corrected chi connectivity index (χ4v) is 5.31. The second-order valence-corrected chi connectivity index (χ2v) is 11.4. The van der Waals surface area contributed by atoms with Gasteiger partial charge >= 0.3 is 6.09 Å². The molecular weight excluding hydrogens is 436 g/mol. The van der Waals surface area contributed by atoms with Gasteiger partial charge in [-0.15, -0.1) is 0 Å². The normalized spacial score (nSPS) is 20.8. The van der Waals surface area contributed by atoms with Gasteiger partial charge in [-0.2, -0.15) is 0 Å². The Bertz CT molecular complexity index is 952. The molecule has 1 heterocycles. The number of benzene rings is 1. The Hall–Kier alpha value is -2.18. The molecule has 0 atom stereocenters. The highest BCUT2D eigenvalue weighted by molar-refractivity contribution is 6.33. The summed E-state index contributed by atoms with van der Waals surface area (Å²) in [6, 6.07) is 5.80. The number of ether oxygens (including phenoxy) is 1. The highest BCUT2D eigenvalue weighted by Crippen LogP contribution is 2.53. The van der Waals surface area contributed by atoms with Gasteiger partial charge in [-0.05, 0) is 89.3 Å². The number of piperidine rings is 1. The summed E-state index contributed by atoms with van der Waals surface area (Å²) in [5, 5.41) is 2.30. The second kappa shape index (κ2) is 8.88. The quantitative estimate of drug-likeness (QED) is 0.437. The van der Waals surface area contributed by atoms with Crippen LogP contribution in [0.25, 0.3) is 0 Å². The molecule has 0 radical (unpaired) electrons. The summed E-state index contributed by atoms with van der Waals surface area (Å²) in [5.41, 5.74) is 11.3. The van der Waals surface area contributed by atoms with E-state index in [4.69, 9.17) is 27.9 Å². The third-order valence-corrected chi connectivity index (χ3v) is 7.33. The SMILES string of the molecule is Cc1cccc(Cl)c1N(N)/C(C=C1CC2(CCN(C(=O)OC(C)(C)C)CC2)C1)=C(\N)C1CC1. The van der Waals surface area contributed by atoms with Crippen LogP contribution in [0.15, 0.2) is 41.2 Å². The van der Waals surface area contributed by atoms with Crippen molar-refractivity contribution in [2.24, 2.45) is 22.9 Å². The van der Waals surface area contributed by atoms with Crippen molar-refractivity contribution in [1.82, 2.24) is 4.90 Å². The predicted molar refractivity (Wildman–Crippen MR) is 134 cm³/mol. The van der Waals surface area contributed by atoms with Crippen LogP contribution in [0.1, 0.15) is 64.9 Å². The predicted octanol–water partition coefficient (Wildman–Crippen LogP) is 5.65. The molecule has 4 N–H and O–H groups in total. The van der Waals surface area contributed by atoms with Crippen molar-refractivity contribution in [3.63, 3.8) is 0 Å². The Morgan fingerprint density at radius 1 is 1.24 bits per heavy atom. The lowest BCUT2D eigenvalue weighted by atomic mass is 9.60. The minimum Gasteiger partial charge on any atom is -0.444 e. The first-order valence-corrected chi connectivity index (χ1v) is 12.3. The first-order valence-electron chi connectivity index (χ1n) is 11.9. The van der Waals surface area contributed by atoms with Crippen LogP contribution in [0, 0.1) is 18.3 Å². The third kappa shape index (κ3) is 5.33. The van der Waals surface area contributed by atoms with E-state index in [1.165, 1.54) is 5.57 Å². The number of amides is 1. The number of hydrazine groups is 1. The van der Waals surface area contributed by atoms with Crippen molar-refractivity contribution in [1.29, 1.82) is 0 Å². The van der Waals surface area contributed by atoms with E-state index in [-0.39, 0.29) is 11.5 Å². The number of hydrogen-bond donors (Lipinski definition) is 2. The highest BCUT2D eigenvalue weighted by Gasteiger charge is 2.44. The van der Waals surface area contributed by atoms with Gasteiger partial charge in [0.25, 0.3) is 0 Å². The molecule has 1 aromatic rings. The van der Waals surface area contributed by atoms with Gasteiger partial charge in [-0.3, -0.25) is 5.01 Å². The molecular formula is C26H37ClN4O2. The smallest absolute Gasteiger partial charge is 0.410 e.